The van der Waals surface area contributed by atoms with Crippen molar-refractivity contribution in [2.24, 2.45) is 7.05 Å². The minimum absolute atomic E-state index is 0.0968. The fraction of sp³-hybridized carbons (Fsp3) is 0.238. The molecule has 0 spiro atoms. The predicted molar refractivity (Wildman–Crippen MR) is 122 cm³/mol. The van der Waals surface area contributed by atoms with Gasteiger partial charge in [0.1, 0.15) is 17.6 Å². The quantitative estimate of drug-likeness (QED) is 0.497. The van der Waals surface area contributed by atoms with Gasteiger partial charge in [0.25, 0.3) is 0 Å². The van der Waals surface area contributed by atoms with Crippen molar-refractivity contribution in [1.29, 1.82) is 0 Å². The second-order valence-corrected chi connectivity index (χ2v) is 9.56. The van der Waals surface area contributed by atoms with E-state index in [1.54, 1.807) is 49.3 Å². The predicted octanol–water partition coefficient (Wildman–Crippen LogP) is 3.31. The van der Waals surface area contributed by atoms with Crippen LogP contribution in [0.3, 0.4) is 0 Å². The molecule has 0 saturated heterocycles. The van der Waals surface area contributed by atoms with E-state index in [9.17, 15) is 13.2 Å². The lowest BCUT2D eigenvalue weighted by atomic mass is 10.1. The SMILES string of the molecule is COc1cccc(C(NC(=O)C(C)NS(=O)(=O)c2ccc(Cl)c(Cl)c2)c2nccn2C)c1. The number of nitrogens with zero attached hydrogens (tertiary/aromatic N) is 2. The van der Waals surface area contributed by atoms with E-state index < -0.39 is 28.0 Å². The smallest absolute Gasteiger partial charge is 0.241 e. The summed E-state index contributed by atoms with van der Waals surface area (Å²) in [6.45, 7) is 1.45. The summed E-state index contributed by atoms with van der Waals surface area (Å²) in [5.41, 5.74) is 0.728. The molecule has 2 N–H and O–H groups in total. The molecule has 0 aliphatic carbocycles. The first-order valence-electron chi connectivity index (χ1n) is 9.51. The summed E-state index contributed by atoms with van der Waals surface area (Å²) in [5.74, 6) is 0.653. The number of hydrogen-bond donors (Lipinski definition) is 2. The van der Waals surface area contributed by atoms with Crippen LogP contribution in [0.15, 0.2) is 59.8 Å². The molecule has 1 amide bonds. The third-order valence-corrected chi connectivity index (χ3v) is 7.03. The molecule has 170 valence electrons. The summed E-state index contributed by atoms with van der Waals surface area (Å²) in [6.07, 6.45) is 3.37. The van der Waals surface area contributed by atoms with Gasteiger partial charge in [-0.15, -0.1) is 0 Å². The minimum Gasteiger partial charge on any atom is -0.497 e. The van der Waals surface area contributed by atoms with Crippen LogP contribution < -0.4 is 14.8 Å². The van der Waals surface area contributed by atoms with Crippen molar-refractivity contribution in [3.63, 3.8) is 0 Å². The molecule has 2 atom stereocenters. The zero-order chi connectivity index (χ0) is 23.5. The largest absolute Gasteiger partial charge is 0.497 e. The summed E-state index contributed by atoms with van der Waals surface area (Å²) in [6, 6.07) is 9.40. The molecule has 8 nitrogen and oxygen atoms in total. The van der Waals surface area contributed by atoms with Crippen LogP contribution in [0.5, 0.6) is 5.75 Å². The summed E-state index contributed by atoms with van der Waals surface area (Å²) >= 11 is 11.8. The number of rotatable bonds is 8. The molecule has 0 aliphatic heterocycles. The maximum Gasteiger partial charge on any atom is 0.241 e. The number of halogens is 2. The molecular formula is C21H22Cl2N4O4S. The zero-order valence-corrected chi connectivity index (χ0v) is 19.9. The normalized spacial score (nSPS) is 13.4. The molecule has 1 heterocycles. The summed E-state index contributed by atoms with van der Waals surface area (Å²) in [5, 5.41) is 3.20. The van der Waals surface area contributed by atoms with Gasteiger partial charge in [-0.2, -0.15) is 4.72 Å². The number of ether oxygens (including phenoxy) is 1. The Morgan fingerprint density at radius 3 is 2.53 bits per heavy atom. The second-order valence-electron chi connectivity index (χ2n) is 7.03. The number of aromatic nitrogens is 2. The van der Waals surface area contributed by atoms with Gasteiger partial charge in [-0.1, -0.05) is 35.3 Å². The molecule has 0 bridgehead atoms. The number of carbonyl (C=O) groups excluding carboxylic acids is 1. The van der Waals surface area contributed by atoms with E-state index in [2.05, 4.69) is 15.0 Å². The van der Waals surface area contributed by atoms with Crippen LogP contribution in [-0.2, 0) is 21.9 Å². The van der Waals surface area contributed by atoms with Gasteiger partial charge >= 0.3 is 0 Å². The van der Waals surface area contributed by atoms with Crippen molar-refractivity contribution in [2.75, 3.05) is 7.11 Å². The van der Waals surface area contributed by atoms with Gasteiger partial charge in [-0.3, -0.25) is 4.79 Å². The summed E-state index contributed by atoms with van der Waals surface area (Å²) in [4.78, 5) is 17.2. The number of hydrogen-bond acceptors (Lipinski definition) is 5. The monoisotopic (exact) mass is 496 g/mol. The molecule has 0 saturated carbocycles. The molecule has 2 unspecified atom stereocenters. The first kappa shape index (κ1) is 24.1. The van der Waals surface area contributed by atoms with Crippen molar-refractivity contribution >= 4 is 39.1 Å². The Bertz CT molecular complexity index is 1230. The second kappa shape index (κ2) is 9.91. The number of imidazole rings is 1. The maximum atomic E-state index is 13.0. The Morgan fingerprint density at radius 1 is 1.16 bits per heavy atom. The first-order chi connectivity index (χ1) is 15.1. The molecule has 2 aromatic carbocycles. The zero-order valence-electron chi connectivity index (χ0n) is 17.5. The van der Waals surface area contributed by atoms with E-state index in [-0.39, 0.29) is 14.9 Å². The topological polar surface area (TPSA) is 102 Å². The molecule has 0 aliphatic rings. The third kappa shape index (κ3) is 5.42. The van der Waals surface area contributed by atoms with Gasteiger partial charge in [0.2, 0.25) is 15.9 Å². The van der Waals surface area contributed by atoms with Gasteiger partial charge < -0.3 is 14.6 Å². The fourth-order valence-corrected chi connectivity index (χ4v) is 4.63. The van der Waals surface area contributed by atoms with Crippen molar-refractivity contribution in [1.82, 2.24) is 19.6 Å². The number of methoxy groups -OCH3 is 1. The van der Waals surface area contributed by atoms with Crippen LogP contribution in [0.2, 0.25) is 10.0 Å². The van der Waals surface area contributed by atoms with Crippen molar-refractivity contribution < 1.29 is 17.9 Å². The van der Waals surface area contributed by atoms with Crippen LogP contribution in [-0.4, -0.2) is 37.0 Å². The highest BCUT2D eigenvalue weighted by Gasteiger charge is 2.27. The number of amides is 1. The average molecular weight is 497 g/mol. The lowest BCUT2D eigenvalue weighted by Crippen LogP contribution is -2.46. The number of benzene rings is 2. The standard InChI is InChI=1S/C21H22Cl2N4O4S/c1-13(26-32(29,30)16-7-8-17(22)18(23)12-16)21(28)25-19(20-24-9-10-27(20)2)14-5-4-6-15(11-14)31-3/h4-13,19,26H,1-3H3,(H,25,28). The van der Waals surface area contributed by atoms with Gasteiger partial charge in [0, 0.05) is 19.4 Å². The van der Waals surface area contributed by atoms with E-state index in [1.807, 2.05) is 6.07 Å². The highest BCUT2D eigenvalue weighted by molar-refractivity contribution is 7.89. The van der Waals surface area contributed by atoms with E-state index in [4.69, 9.17) is 27.9 Å². The molecule has 1 aromatic heterocycles. The number of carbonyl (C=O) groups is 1. The molecule has 0 fully saturated rings. The van der Waals surface area contributed by atoms with Crippen LogP contribution in [0.1, 0.15) is 24.4 Å². The third-order valence-electron chi connectivity index (χ3n) is 4.76. The van der Waals surface area contributed by atoms with Crippen LogP contribution in [0, 0.1) is 0 Å². The minimum atomic E-state index is -4.01. The van der Waals surface area contributed by atoms with Gasteiger partial charge in [0.15, 0.2) is 0 Å². The van der Waals surface area contributed by atoms with Gasteiger partial charge in [-0.05, 0) is 42.8 Å². The molecular weight excluding hydrogens is 475 g/mol. The number of sulfonamides is 1. The summed E-state index contributed by atoms with van der Waals surface area (Å²) < 4.78 is 34.8. The number of nitrogens with one attached hydrogen (secondary N) is 2. The Balaban J connectivity index is 1.84. The Morgan fingerprint density at radius 2 is 1.91 bits per heavy atom. The summed E-state index contributed by atoms with van der Waals surface area (Å²) in [7, 11) is -0.659. The van der Waals surface area contributed by atoms with Crippen molar-refractivity contribution in [3.05, 3.63) is 76.3 Å². The highest BCUT2D eigenvalue weighted by Crippen LogP contribution is 2.26. The Kier molecular flexibility index (Phi) is 7.45. The van der Waals surface area contributed by atoms with Gasteiger partial charge in [-0.25, -0.2) is 13.4 Å². The first-order valence-corrected chi connectivity index (χ1v) is 11.7. The lowest BCUT2D eigenvalue weighted by molar-refractivity contribution is -0.122. The van der Waals surface area contributed by atoms with Crippen LogP contribution >= 0.6 is 23.2 Å². The molecule has 11 heteroatoms. The number of aryl methyl sites for hydroxylation is 1. The van der Waals surface area contributed by atoms with E-state index >= 15 is 0 Å². The van der Waals surface area contributed by atoms with Gasteiger partial charge in [0.05, 0.1) is 28.1 Å². The maximum absolute atomic E-state index is 13.0. The average Bonchev–Trinajstić information content (AvgIpc) is 3.18. The van der Waals surface area contributed by atoms with E-state index in [0.29, 0.717) is 11.6 Å². The van der Waals surface area contributed by atoms with E-state index in [1.165, 1.54) is 25.1 Å². The van der Waals surface area contributed by atoms with Crippen molar-refractivity contribution in [3.8, 4) is 5.75 Å². The Hall–Kier alpha value is -2.59. The molecule has 0 radical (unpaired) electrons. The highest BCUT2D eigenvalue weighted by atomic mass is 35.5. The Labute approximate surface area is 196 Å². The van der Waals surface area contributed by atoms with Crippen molar-refractivity contribution in [2.45, 2.75) is 23.9 Å². The van der Waals surface area contributed by atoms with E-state index in [0.717, 1.165) is 5.56 Å². The van der Waals surface area contributed by atoms with Crippen LogP contribution in [0.4, 0.5) is 0 Å². The molecule has 3 rings (SSSR count). The fourth-order valence-electron chi connectivity index (χ4n) is 3.04. The molecule has 32 heavy (non-hydrogen) atoms. The molecule has 3 aromatic rings. The lowest BCUT2D eigenvalue weighted by Gasteiger charge is -2.22. The van der Waals surface area contributed by atoms with Crippen LogP contribution in [0.25, 0.3) is 0 Å².